The van der Waals surface area contributed by atoms with Crippen LogP contribution < -0.4 is 5.32 Å². The number of ether oxygens (including phenoxy) is 2. The highest BCUT2D eigenvalue weighted by Crippen LogP contribution is 2.59. The van der Waals surface area contributed by atoms with Gasteiger partial charge in [-0.1, -0.05) is 82.5 Å². The number of aliphatic hydroxyl groups is 1. The second kappa shape index (κ2) is 16.6. The van der Waals surface area contributed by atoms with Gasteiger partial charge in [0.2, 0.25) is 17.7 Å². The molecular weight excluding hydrogens is 598 g/mol. The van der Waals surface area contributed by atoms with Crippen LogP contribution in [0.15, 0.2) is 55.6 Å². The maximum Gasteiger partial charge on any atom is 0.306 e. The Balaban J connectivity index is 1.68. The zero-order chi connectivity index (χ0) is 34.1. The van der Waals surface area contributed by atoms with Gasteiger partial charge in [-0.15, -0.1) is 13.2 Å². The normalized spacial score (nSPS) is 26.3. The molecule has 47 heavy (non-hydrogen) atoms. The minimum atomic E-state index is -1.19. The molecule has 2 N–H and O–H groups in total. The van der Waals surface area contributed by atoms with Crippen molar-refractivity contribution in [2.45, 2.75) is 102 Å². The molecule has 10 nitrogen and oxygen atoms in total. The van der Waals surface area contributed by atoms with Crippen molar-refractivity contribution < 1.29 is 33.8 Å². The van der Waals surface area contributed by atoms with Crippen molar-refractivity contribution in [3.8, 4) is 0 Å². The van der Waals surface area contributed by atoms with Crippen LogP contribution in [0.4, 0.5) is 0 Å². The number of nitrogens with one attached hydrogen (secondary N) is 1. The van der Waals surface area contributed by atoms with E-state index in [1.54, 1.807) is 22.0 Å². The van der Waals surface area contributed by atoms with Gasteiger partial charge in [-0.3, -0.25) is 19.2 Å². The first-order chi connectivity index (χ1) is 22.7. The molecule has 3 amide bonds. The number of nitrogens with zero attached hydrogens (tertiary/aromatic N) is 2. The summed E-state index contributed by atoms with van der Waals surface area (Å²) < 4.78 is 12.2. The molecule has 0 radical (unpaired) electrons. The smallest absolute Gasteiger partial charge is 0.306 e. The molecule has 0 unspecified atom stereocenters. The Bertz CT molecular complexity index is 1270. The molecule has 1 spiro atoms. The fourth-order valence-electron chi connectivity index (χ4n) is 7.66. The number of allylic oxidation sites excluding steroid dienone is 1. The molecule has 1 aromatic rings. The Morgan fingerprint density at radius 3 is 2.57 bits per heavy atom. The van der Waals surface area contributed by atoms with Crippen LogP contribution in [0.2, 0.25) is 0 Å². The fourth-order valence-corrected chi connectivity index (χ4v) is 7.66. The number of amides is 3. The summed E-state index contributed by atoms with van der Waals surface area (Å²) in [5.41, 5.74) is -0.432. The summed E-state index contributed by atoms with van der Waals surface area (Å²) in [5.74, 6) is -3.16. The monoisotopic (exact) mass is 651 g/mol. The average molecular weight is 652 g/mol. The third-order valence-corrected chi connectivity index (χ3v) is 10.3. The van der Waals surface area contributed by atoms with E-state index in [-0.39, 0.29) is 43.3 Å². The summed E-state index contributed by atoms with van der Waals surface area (Å²) in [7, 11) is 0. The van der Waals surface area contributed by atoms with E-state index in [0.29, 0.717) is 38.8 Å². The molecule has 10 heteroatoms. The van der Waals surface area contributed by atoms with Crippen LogP contribution in [0, 0.1) is 17.8 Å². The minimum Gasteiger partial charge on any atom is -0.463 e. The molecule has 0 saturated carbocycles. The second-order valence-electron chi connectivity index (χ2n) is 13.2. The number of hydrogen-bond acceptors (Lipinski definition) is 7. The number of hydrogen-bond donors (Lipinski definition) is 2. The SMILES string of the molecule is C=CCCC(=O)OC[C@H](NC(=O)[C@@H]1[C@@H]2CC[C@]3(O2)[C@H](C(=O)N(CC=C)CCCCC)N([C@@H](CO)[C@@H](C)CC)C(=O)[C@@H]13)c1ccccc1. The van der Waals surface area contributed by atoms with Crippen molar-refractivity contribution in [2.24, 2.45) is 17.8 Å². The third kappa shape index (κ3) is 7.49. The number of aliphatic hydroxyl groups excluding tert-OH is 1. The van der Waals surface area contributed by atoms with Gasteiger partial charge in [0.05, 0.1) is 36.6 Å². The van der Waals surface area contributed by atoms with Gasteiger partial charge in [0.25, 0.3) is 0 Å². The highest BCUT2D eigenvalue weighted by atomic mass is 16.5. The molecule has 3 fully saturated rings. The lowest BCUT2D eigenvalue weighted by molar-refractivity contribution is -0.152. The summed E-state index contributed by atoms with van der Waals surface area (Å²) in [4.78, 5) is 59.1. The summed E-state index contributed by atoms with van der Waals surface area (Å²) in [5, 5.41) is 13.7. The lowest BCUT2D eigenvalue weighted by atomic mass is 9.70. The second-order valence-corrected chi connectivity index (χ2v) is 13.2. The van der Waals surface area contributed by atoms with Crippen molar-refractivity contribution >= 4 is 23.7 Å². The Kier molecular flexibility index (Phi) is 12.8. The largest absolute Gasteiger partial charge is 0.463 e. The van der Waals surface area contributed by atoms with Gasteiger partial charge >= 0.3 is 5.97 Å². The zero-order valence-corrected chi connectivity index (χ0v) is 28.3. The first-order valence-corrected chi connectivity index (χ1v) is 17.3. The van der Waals surface area contributed by atoms with Crippen molar-refractivity contribution in [2.75, 3.05) is 26.3 Å². The predicted octanol–water partition coefficient (Wildman–Crippen LogP) is 4.34. The molecule has 8 atom stereocenters. The molecule has 1 aromatic carbocycles. The lowest BCUT2D eigenvalue weighted by Crippen LogP contribution is -2.59. The Morgan fingerprint density at radius 2 is 1.94 bits per heavy atom. The third-order valence-electron chi connectivity index (χ3n) is 10.3. The van der Waals surface area contributed by atoms with E-state index in [2.05, 4.69) is 25.4 Å². The molecule has 258 valence electrons. The molecule has 2 bridgehead atoms. The van der Waals surface area contributed by atoms with Gasteiger partial charge in [0.15, 0.2) is 0 Å². The van der Waals surface area contributed by atoms with Crippen LogP contribution in [-0.4, -0.2) is 88.7 Å². The number of benzene rings is 1. The maximum absolute atomic E-state index is 14.6. The zero-order valence-electron chi connectivity index (χ0n) is 28.3. The van der Waals surface area contributed by atoms with Crippen LogP contribution in [0.3, 0.4) is 0 Å². The molecule has 0 aliphatic carbocycles. The lowest BCUT2D eigenvalue weighted by Gasteiger charge is -2.41. The van der Waals surface area contributed by atoms with Crippen molar-refractivity contribution in [3.63, 3.8) is 0 Å². The average Bonchev–Trinajstić information content (AvgIpc) is 3.73. The van der Waals surface area contributed by atoms with Crippen molar-refractivity contribution in [3.05, 3.63) is 61.2 Å². The number of esters is 1. The quantitative estimate of drug-likeness (QED) is 0.130. The summed E-state index contributed by atoms with van der Waals surface area (Å²) in [6.45, 7) is 14.0. The summed E-state index contributed by atoms with van der Waals surface area (Å²) in [6.07, 6.45) is 7.91. The van der Waals surface area contributed by atoms with E-state index in [0.717, 1.165) is 24.8 Å². The molecule has 4 rings (SSSR count). The minimum absolute atomic E-state index is 0.0736. The van der Waals surface area contributed by atoms with E-state index in [1.807, 2.05) is 44.2 Å². The topological polar surface area (TPSA) is 125 Å². The summed E-state index contributed by atoms with van der Waals surface area (Å²) >= 11 is 0. The standard InChI is InChI=1S/C37H53N3O7/c1-6-10-15-22-39(21-8-3)36(45)33-37-20-19-29(47-37)31(32(37)35(44)40(33)28(23-41)25(5)9-4)34(43)38-27(26-16-13-12-14-17-26)24-46-30(42)18-11-7-2/h7-8,12-14,16-17,25,27-29,31-33,41H,2-3,6,9-11,15,18-24H2,1,4-5H3,(H,38,43)/t25-,27-,28-,29-,31+,32+,33-,37+/m0/s1. The number of fused-ring (bicyclic) bond motifs is 1. The number of likely N-dealkylation sites (tertiary alicyclic amines) is 1. The predicted molar refractivity (Wildman–Crippen MR) is 179 cm³/mol. The van der Waals surface area contributed by atoms with Crippen molar-refractivity contribution in [1.29, 1.82) is 0 Å². The summed E-state index contributed by atoms with van der Waals surface area (Å²) in [6, 6.07) is 7.03. The van der Waals surface area contributed by atoms with Gasteiger partial charge in [-0.25, -0.2) is 0 Å². The Hall–Kier alpha value is -3.50. The van der Waals surface area contributed by atoms with Crippen molar-refractivity contribution in [1.82, 2.24) is 15.1 Å². The molecule has 0 aromatic heterocycles. The Morgan fingerprint density at radius 1 is 1.19 bits per heavy atom. The molecule has 3 saturated heterocycles. The highest BCUT2D eigenvalue weighted by Gasteiger charge is 2.75. The van der Waals surface area contributed by atoms with Gasteiger partial charge in [-0.05, 0) is 37.2 Å². The molecule has 3 heterocycles. The van der Waals surface area contributed by atoms with Crippen LogP contribution in [-0.2, 0) is 28.7 Å². The highest BCUT2D eigenvalue weighted by molar-refractivity contribution is 5.99. The number of carbonyl (C=O) groups excluding carboxylic acids is 4. The van der Waals surface area contributed by atoms with E-state index >= 15 is 0 Å². The van der Waals surface area contributed by atoms with Crippen LogP contribution in [0.25, 0.3) is 0 Å². The number of unbranched alkanes of at least 4 members (excludes halogenated alkanes) is 2. The van der Waals surface area contributed by atoms with Crippen LogP contribution >= 0.6 is 0 Å². The van der Waals surface area contributed by atoms with Crippen LogP contribution in [0.1, 0.15) is 83.7 Å². The number of carbonyl (C=O) groups is 4. The van der Waals surface area contributed by atoms with Crippen LogP contribution in [0.5, 0.6) is 0 Å². The van der Waals surface area contributed by atoms with E-state index in [4.69, 9.17) is 9.47 Å². The van der Waals surface area contributed by atoms with E-state index in [1.165, 1.54) is 0 Å². The van der Waals surface area contributed by atoms with Gasteiger partial charge in [-0.2, -0.15) is 0 Å². The first kappa shape index (κ1) is 36.3. The number of rotatable bonds is 19. The van der Waals surface area contributed by atoms with Gasteiger partial charge in [0, 0.05) is 19.5 Å². The molecular formula is C37H53N3O7. The molecule has 3 aliphatic heterocycles. The molecule has 3 aliphatic rings. The Labute approximate surface area is 279 Å². The first-order valence-electron chi connectivity index (χ1n) is 17.3. The maximum atomic E-state index is 14.6. The van der Waals surface area contributed by atoms with Gasteiger partial charge in [0.1, 0.15) is 18.2 Å². The van der Waals surface area contributed by atoms with E-state index < -0.39 is 47.6 Å². The van der Waals surface area contributed by atoms with E-state index in [9.17, 15) is 24.3 Å². The van der Waals surface area contributed by atoms with Gasteiger partial charge < -0.3 is 29.7 Å². The fraction of sp³-hybridized carbons (Fsp3) is 0.622.